The van der Waals surface area contributed by atoms with Gasteiger partial charge in [0, 0.05) is 42.9 Å². The predicted molar refractivity (Wildman–Crippen MR) is 109 cm³/mol. The van der Waals surface area contributed by atoms with Gasteiger partial charge in [0.05, 0.1) is 17.8 Å². The van der Waals surface area contributed by atoms with Crippen LogP contribution in [-0.2, 0) is 24.9 Å². The highest BCUT2D eigenvalue weighted by Gasteiger charge is 2.31. The molecule has 5 nitrogen and oxygen atoms in total. The minimum atomic E-state index is -0.182. The van der Waals surface area contributed by atoms with E-state index in [1.165, 1.54) is 30.4 Å². The molecule has 0 unspecified atom stereocenters. The van der Waals surface area contributed by atoms with Crippen molar-refractivity contribution in [2.24, 2.45) is 5.92 Å². The van der Waals surface area contributed by atoms with Gasteiger partial charge in [-0.1, -0.05) is 32.9 Å². The molecule has 0 radical (unpaired) electrons. The smallest absolute Gasteiger partial charge is 0.190 e. The number of aromatic hydroxyl groups is 1. The Hall–Kier alpha value is -2.56. The van der Waals surface area contributed by atoms with Crippen molar-refractivity contribution in [3.8, 4) is 5.75 Å². The van der Waals surface area contributed by atoms with Crippen molar-refractivity contribution in [1.29, 1.82) is 0 Å². The highest BCUT2D eigenvalue weighted by atomic mass is 16.3. The molecule has 1 fully saturated rings. The molecule has 0 spiro atoms. The molecular weight excluding hydrogens is 350 g/mol. The number of hydrogen-bond acceptors (Lipinski definition) is 4. The lowest BCUT2D eigenvalue weighted by atomic mass is 9.95. The van der Waals surface area contributed by atoms with Crippen LogP contribution in [0, 0.1) is 5.92 Å². The molecule has 5 heteroatoms. The molecule has 1 N–H and O–H groups in total. The van der Waals surface area contributed by atoms with Crippen molar-refractivity contribution in [1.82, 2.24) is 14.5 Å². The van der Waals surface area contributed by atoms with Gasteiger partial charge >= 0.3 is 0 Å². The fourth-order valence-electron chi connectivity index (χ4n) is 3.86. The highest BCUT2D eigenvalue weighted by Crippen LogP contribution is 2.35. The van der Waals surface area contributed by atoms with E-state index < -0.39 is 0 Å². The van der Waals surface area contributed by atoms with Gasteiger partial charge in [0.25, 0.3) is 0 Å². The first-order chi connectivity index (χ1) is 13.3. The molecular formula is C23H29N3O2. The zero-order valence-electron chi connectivity index (χ0n) is 17.0. The number of aromatic nitrogens is 2. The van der Waals surface area contributed by atoms with Crippen LogP contribution in [0.1, 0.15) is 61.2 Å². The molecule has 2 heterocycles. The number of nitrogens with zero attached hydrogens (tertiary/aromatic N) is 3. The molecule has 1 aromatic heterocycles. The Kier molecular flexibility index (Phi) is 4.77. The molecule has 1 aromatic carbocycles. The van der Waals surface area contributed by atoms with E-state index in [4.69, 9.17) is 4.98 Å². The Morgan fingerprint density at radius 1 is 1.29 bits per heavy atom. The van der Waals surface area contributed by atoms with Gasteiger partial charge in [-0.2, -0.15) is 0 Å². The van der Waals surface area contributed by atoms with E-state index in [-0.39, 0.29) is 16.9 Å². The molecule has 148 valence electrons. The fraction of sp³-hybridized carbons (Fsp3) is 0.478. The molecule has 0 bridgehead atoms. The van der Waals surface area contributed by atoms with Crippen LogP contribution in [0.5, 0.6) is 5.75 Å². The van der Waals surface area contributed by atoms with Crippen LogP contribution in [0.4, 0.5) is 0 Å². The first-order valence-corrected chi connectivity index (χ1v) is 10.2. The van der Waals surface area contributed by atoms with Crippen molar-refractivity contribution in [3.63, 3.8) is 0 Å². The quantitative estimate of drug-likeness (QED) is 0.629. The summed E-state index contributed by atoms with van der Waals surface area (Å²) in [5.41, 5.74) is 2.86. The predicted octanol–water partition coefficient (Wildman–Crippen LogP) is 4.05. The molecule has 0 atom stereocenters. The van der Waals surface area contributed by atoms with E-state index in [2.05, 4.69) is 30.2 Å². The van der Waals surface area contributed by atoms with E-state index in [0.29, 0.717) is 5.56 Å². The molecule has 2 aliphatic rings. The van der Waals surface area contributed by atoms with Crippen LogP contribution in [0.2, 0.25) is 0 Å². The van der Waals surface area contributed by atoms with Gasteiger partial charge in [0.2, 0.25) is 0 Å². The van der Waals surface area contributed by atoms with Crippen molar-refractivity contribution in [2.75, 3.05) is 6.54 Å². The molecule has 0 saturated heterocycles. The number of carbonyl (C=O) groups excluding carboxylic acids is 1. The lowest BCUT2D eigenvalue weighted by Gasteiger charge is -2.26. The summed E-state index contributed by atoms with van der Waals surface area (Å²) in [6.45, 7) is 9.38. The third-order valence-electron chi connectivity index (χ3n) is 5.56. The highest BCUT2D eigenvalue weighted by molar-refractivity contribution is 6.06. The fourth-order valence-corrected chi connectivity index (χ4v) is 3.86. The normalized spacial score (nSPS) is 17.2. The maximum Gasteiger partial charge on any atom is 0.190 e. The first kappa shape index (κ1) is 18.8. The van der Waals surface area contributed by atoms with Gasteiger partial charge in [-0.25, -0.2) is 4.98 Å². The zero-order valence-corrected chi connectivity index (χ0v) is 17.0. The number of phenols is 1. The lowest BCUT2D eigenvalue weighted by Crippen LogP contribution is -2.27. The second-order valence-electron chi connectivity index (χ2n) is 9.05. The molecule has 0 amide bonds. The number of ketones is 1. The molecule has 1 aliphatic heterocycles. The molecule has 1 aliphatic carbocycles. The number of benzene rings is 1. The second-order valence-corrected chi connectivity index (χ2v) is 9.05. The number of hydrogen-bond donors (Lipinski definition) is 1. The summed E-state index contributed by atoms with van der Waals surface area (Å²) >= 11 is 0. The van der Waals surface area contributed by atoms with Gasteiger partial charge in [-0.15, -0.1) is 0 Å². The summed E-state index contributed by atoms with van der Waals surface area (Å²) in [6, 6.07) is 6.65. The Labute approximate surface area is 166 Å². The van der Waals surface area contributed by atoms with E-state index in [1.807, 2.05) is 6.20 Å². The standard InChI is InChI=1S/C23H29N3O2/c1-23(2,3)22-24-18-15-25(12-10-19(18)26(22)14-16-8-9-16)13-11-21(28)17-6-4-5-7-20(17)27/h4-7,11,13,16,27H,8-10,12,14-15H2,1-3H3/b13-11+. The topological polar surface area (TPSA) is 58.4 Å². The van der Waals surface area contributed by atoms with Gasteiger partial charge < -0.3 is 14.6 Å². The average molecular weight is 380 g/mol. The monoisotopic (exact) mass is 379 g/mol. The lowest BCUT2D eigenvalue weighted by molar-refractivity contribution is 0.104. The number of imidazole rings is 1. The number of rotatable bonds is 5. The number of carbonyl (C=O) groups is 1. The minimum absolute atomic E-state index is 0.0201. The summed E-state index contributed by atoms with van der Waals surface area (Å²) in [7, 11) is 0. The average Bonchev–Trinajstić information content (AvgIpc) is 3.39. The zero-order chi connectivity index (χ0) is 19.9. The summed E-state index contributed by atoms with van der Waals surface area (Å²) in [5, 5.41) is 9.85. The maximum atomic E-state index is 12.4. The Morgan fingerprint density at radius 2 is 2.04 bits per heavy atom. The summed E-state index contributed by atoms with van der Waals surface area (Å²) in [4.78, 5) is 19.5. The Morgan fingerprint density at radius 3 is 2.71 bits per heavy atom. The van der Waals surface area contributed by atoms with E-state index >= 15 is 0 Å². The summed E-state index contributed by atoms with van der Waals surface area (Å²) in [6.07, 6.45) is 7.00. The van der Waals surface area contributed by atoms with Crippen molar-refractivity contribution < 1.29 is 9.90 Å². The third kappa shape index (κ3) is 3.84. The van der Waals surface area contributed by atoms with Crippen LogP contribution >= 0.6 is 0 Å². The molecule has 28 heavy (non-hydrogen) atoms. The number of para-hydroxylation sites is 1. The van der Waals surface area contributed by atoms with Crippen LogP contribution in [0.3, 0.4) is 0 Å². The van der Waals surface area contributed by atoms with Crippen molar-refractivity contribution in [3.05, 3.63) is 59.3 Å². The van der Waals surface area contributed by atoms with Crippen LogP contribution < -0.4 is 0 Å². The van der Waals surface area contributed by atoms with Gasteiger partial charge in [-0.05, 0) is 30.9 Å². The first-order valence-electron chi connectivity index (χ1n) is 10.2. The second kappa shape index (κ2) is 7.12. The van der Waals surface area contributed by atoms with E-state index in [0.717, 1.165) is 37.7 Å². The third-order valence-corrected chi connectivity index (χ3v) is 5.56. The number of fused-ring (bicyclic) bond motifs is 1. The van der Waals surface area contributed by atoms with Gasteiger partial charge in [0.1, 0.15) is 11.6 Å². The molecule has 1 saturated carbocycles. The van der Waals surface area contributed by atoms with Crippen LogP contribution in [0.15, 0.2) is 36.5 Å². The van der Waals surface area contributed by atoms with Crippen molar-refractivity contribution >= 4 is 5.78 Å². The van der Waals surface area contributed by atoms with E-state index in [1.54, 1.807) is 24.3 Å². The SMILES string of the molecule is CC(C)(C)c1nc2c(n1CC1CC1)CCN(/C=C/C(=O)c1ccccc1O)C2. The Bertz CT molecular complexity index is 916. The van der Waals surface area contributed by atoms with E-state index in [9.17, 15) is 9.90 Å². The maximum absolute atomic E-state index is 12.4. The van der Waals surface area contributed by atoms with Crippen molar-refractivity contribution in [2.45, 2.75) is 58.5 Å². The molecule has 4 rings (SSSR count). The van der Waals surface area contributed by atoms with Gasteiger partial charge in [-0.3, -0.25) is 4.79 Å². The van der Waals surface area contributed by atoms with Crippen LogP contribution in [-0.4, -0.2) is 31.9 Å². The van der Waals surface area contributed by atoms with Gasteiger partial charge in [0.15, 0.2) is 5.78 Å². The summed E-state index contributed by atoms with van der Waals surface area (Å²) in [5.74, 6) is 1.83. The number of allylic oxidation sites excluding steroid dienone is 1. The number of phenolic OH excluding ortho intramolecular Hbond substituents is 1. The Balaban J connectivity index is 1.52. The minimum Gasteiger partial charge on any atom is -0.507 e. The van der Waals surface area contributed by atoms with Crippen LogP contribution in [0.25, 0.3) is 0 Å². The largest absolute Gasteiger partial charge is 0.507 e. The molecule has 2 aromatic rings. The summed E-state index contributed by atoms with van der Waals surface area (Å²) < 4.78 is 2.47.